The molecule has 0 spiro atoms. The number of rotatable bonds is 6. The van der Waals surface area contributed by atoms with Crippen LogP contribution in [-0.2, 0) is 38.1 Å². The molecule has 0 aromatic carbocycles. The maximum absolute atomic E-state index is 11.6. The van der Waals surface area contributed by atoms with Crippen molar-refractivity contribution >= 4 is 29.8 Å². The highest BCUT2D eigenvalue weighted by atomic mass is 16.6. The molecule has 1 aromatic rings. The molecule has 152 valence electrons. The minimum absolute atomic E-state index is 0.168. The lowest BCUT2D eigenvalue weighted by Gasteiger charge is -2.29. The Morgan fingerprint density at radius 2 is 1.86 bits per heavy atom. The number of methoxy groups -OCH3 is 1. The Kier molecular flexibility index (Phi) is 6.01. The zero-order valence-corrected chi connectivity index (χ0v) is 15.9. The number of carbonyl (C=O) groups is 4. The van der Waals surface area contributed by atoms with Crippen LogP contribution in [0.15, 0.2) is 12.1 Å². The predicted octanol–water partition coefficient (Wildman–Crippen LogP) is 0.0376. The fourth-order valence-electron chi connectivity index (χ4n) is 2.37. The van der Waals surface area contributed by atoms with Gasteiger partial charge in [0.25, 0.3) is 11.7 Å². The number of nitrogens with zero attached hydrogens (tertiary/aromatic N) is 3. The molecule has 1 aliphatic heterocycles. The number of ether oxygens (including phenoxy) is 5. The van der Waals surface area contributed by atoms with Crippen LogP contribution in [0.25, 0.3) is 5.88 Å². The van der Waals surface area contributed by atoms with Gasteiger partial charge in [0.15, 0.2) is 5.60 Å². The van der Waals surface area contributed by atoms with Gasteiger partial charge in [-0.15, -0.1) is 5.10 Å². The molecule has 0 aliphatic carbocycles. The first-order valence-corrected chi connectivity index (χ1v) is 8.00. The van der Waals surface area contributed by atoms with E-state index in [-0.39, 0.29) is 24.1 Å². The second kappa shape index (κ2) is 8.06. The molecule has 0 fully saturated rings. The summed E-state index contributed by atoms with van der Waals surface area (Å²) in [6, 6.07) is 0. The SMILES string of the molecule is COC(=O)c1ncn(C2=C(OC(C)=O)C(OC(C)=O)[C@@](C)(COC(C)=O)O2)n1. The first-order chi connectivity index (χ1) is 13.1. The van der Waals surface area contributed by atoms with Gasteiger partial charge in [0.05, 0.1) is 7.11 Å². The molecule has 12 nitrogen and oxygen atoms in total. The van der Waals surface area contributed by atoms with Crippen LogP contribution in [0.2, 0.25) is 0 Å². The fourth-order valence-corrected chi connectivity index (χ4v) is 2.37. The molecule has 2 heterocycles. The van der Waals surface area contributed by atoms with Crippen molar-refractivity contribution in [1.82, 2.24) is 14.8 Å². The summed E-state index contributed by atoms with van der Waals surface area (Å²) >= 11 is 0. The molecule has 28 heavy (non-hydrogen) atoms. The van der Waals surface area contributed by atoms with Gasteiger partial charge in [-0.2, -0.15) is 4.68 Å². The largest absolute Gasteiger partial charge is 0.463 e. The maximum Gasteiger partial charge on any atom is 0.377 e. The summed E-state index contributed by atoms with van der Waals surface area (Å²) in [5.41, 5.74) is -1.44. The third-order valence-corrected chi connectivity index (χ3v) is 3.50. The van der Waals surface area contributed by atoms with Gasteiger partial charge >= 0.3 is 23.9 Å². The summed E-state index contributed by atoms with van der Waals surface area (Å²) in [7, 11) is 1.16. The molecule has 2 atom stereocenters. The lowest BCUT2D eigenvalue weighted by atomic mass is 10.00. The molecular weight excluding hydrogens is 378 g/mol. The van der Waals surface area contributed by atoms with Crippen molar-refractivity contribution in [2.75, 3.05) is 13.7 Å². The molecule has 0 bridgehead atoms. The van der Waals surface area contributed by atoms with E-state index in [1.807, 2.05) is 0 Å². The normalized spacial score (nSPS) is 21.0. The van der Waals surface area contributed by atoms with Crippen molar-refractivity contribution in [3.63, 3.8) is 0 Å². The smallest absolute Gasteiger partial charge is 0.377 e. The third kappa shape index (κ3) is 4.45. The van der Waals surface area contributed by atoms with Crippen molar-refractivity contribution < 1.29 is 42.9 Å². The van der Waals surface area contributed by atoms with E-state index in [0.29, 0.717) is 0 Å². The summed E-state index contributed by atoms with van der Waals surface area (Å²) in [6.07, 6.45) is -0.123. The Bertz CT molecular complexity index is 844. The van der Waals surface area contributed by atoms with Crippen LogP contribution in [-0.4, -0.2) is 64.1 Å². The zero-order valence-electron chi connectivity index (χ0n) is 15.9. The van der Waals surface area contributed by atoms with Crippen molar-refractivity contribution in [3.8, 4) is 0 Å². The molecule has 0 saturated carbocycles. The minimum Gasteiger partial charge on any atom is -0.463 e. The van der Waals surface area contributed by atoms with Gasteiger partial charge in [-0.3, -0.25) is 14.4 Å². The highest BCUT2D eigenvalue weighted by Crippen LogP contribution is 2.39. The average Bonchev–Trinajstić information content (AvgIpc) is 3.18. The Labute approximate surface area is 159 Å². The number of hydrogen-bond acceptors (Lipinski definition) is 11. The summed E-state index contributed by atoms with van der Waals surface area (Å²) < 4.78 is 26.8. The topological polar surface area (TPSA) is 145 Å². The van der Waals surface area contributed by atoms with Crippen LogP contribution < -0.4 is 0 Å². The van der Waals surface area contributed by atoms with Crippen molar-refractivity contribution in [2.45, 2.75) is 39.4 Å². The van der Waals surface area contributed by atoms with Crippen LogP contribution in [0.5, 0.6) is 0 Å². The third-order valence-electron chi connectivity index (χ3n) is 3.50. The second-order valence-corrected chi connectivity index (χ2v) is 5.95. The first-order valence-electron chi connectivity index (χ1n) is 8.00. The molecule has 12 heteroatoms. The van der Waals surface area contributed by atoms with Gasteiger partial charge in [0, 0.05) is 20.8 Å². The Morgan fingerprint density at radius 1 is 1.18 bits per heavy atom. The Balaban J connectivity index is 2.51. The van der Waals surface area contributed by atoms with Gasteiger partial charge in [-0.05, 0) is 6.92 Å². The zero-order chi connectivity index (χ0) is 21.1. The van der Waals surface area contributed by atoms with Crippen LogP contribution in [0.1, 0.15) is 38.3 Å². The van der Waals surface area contributed by atoms with Crippen LogP contribution in [0.3, 0.4) is 0 Å². The number of carbonyl (C=O) groups excluding carboxylic acids is 4. The number of aromatic nitrogens is 3. The molecular formula is C16H19N3O9. The molecule has 0 N–H and O–H groups in total. The van der Waals surface area contributed by atoms with E-state index in [4.69, 9.17) is 18.9 Å². The van der Waals surface area contributed by atoms with Crippen LogP contribution in [0.4, 0.5) is 0 Å². The molecule has 0 amide bonds. The molecule has 1 aliphatic rings. The van der Waals surface area contributed by atoms with Crippen molar-refractivity contribution in [2.24, 2.45) is 0 Å². The van der Waals surface area contributed by atoms with E-state index in [9.17, 15) is 19.2 Å². The van der Waals surface area contributed by atoms with E-state index >= 15 is 0 Å². The summed E-state index contributed by atoms with van der Waals surface area (Å²) in [4.78, 5) is 49.8. The van der Waals surface area contributed by atoms with Crippen molar-refractivity contribution in [3.05, 3.63) is 17.9 Å². The fraction of sp³-hybridized carbons (Fsp3) is 0.500. The van der Waals surface area contributed by atoms with Gasteiger partial charge in [-0.1, -0.05) is 0 Å². The molecule has 1 unspecified atom stereocenters. The summed E-state index contributed by atoms with van der Waals surface area (Å²) in [5, 5.41) is 3.90. The highest BCUT2D eigenvalue weighted by molar-refractivity contribution is 5.84. The summed E-state index contributed by atoms with van der Waals surface area (Å²) in [5.74, 6) is -3.45. The average molecular weight is 397 g/mol. The molecule has 0 saturated heterocycles. The van der Waals surface area contributed by atoms with E-state index in [2.05, 4.69) is 14.8 Å². The number of hydrogen-bond donors (Lipinski definition) is 0. The Hall–Kier alpha value is -3.44. The quantitative estimate of drug-likeness (QED) is 0.473. The Morgan fingerprint density at radius 3 is 2.39 bits per heavy atom. The van der Waals surface area contributed by atoms with Gasteiger partial charge in [0.2, 0.25) is 11.9 Å². The van der Waals surface area contributed by atoms with Crippen LogP contribution in [0, 0.1) is 0 Å². The predicted molar refractivity (Wildman–Crippen MR) is 88.0 cm³/mol. The van der Waals surface area contributed by atoms with Gasteiger partial charge in [0.1, 0.15) is 12.9 Å². The first kappa shape index (κ1) is 20.9. The van der Waals surface area contributed by atoms with E-state index < -0.39 is 35.6 Å². The molecule has 1 aromatic heterocycles. The number of esters is 4. The van der Waals surface area contributed by atoms with E-state index in [0.717, 1.165) is 32.0 Å². The highest BCUT2D eigenvalue weighted by Gasteiger charge is 2.53. The van der Waals surface area contributed by atoms with E-state index in [1.54, 1.807) is 0 Å². The molecule has 0 radical (unpaired) electrons. The second-order valence-electron chi connectivity index (χ2n) is 5.95. The monoisotopic (exact) mass is 397 g/mol. The minimum atomic E-state index is -1.44. The van der Waals surface area contributed by atoms with Gasteiger partial charge in [-0.25, -0.2) is 9.78 Å². The lowest BCUT2D eigenvalue weighted by molar-refractivity contribution is -0.167. The van der Waals surface area contributed by atoms with Crippen molar-refractivity contribution in [1.29, 1.82) is 0 Å². The summed E-state index contributed by atoms with van der Waals surface area (Å²) in [6.45, 7) is 4.64. The van der Waals surface area contributed by atoms with Crippen LogP contribution >= 0.6 is 0 Å². The van der Waals surface area contributed by atoms with E-state index in [1.165, 1.54) is 13.8 Å². The standard InChI is InChI=1S/C16H19N3O9/c1-8(20)25-6-16(4)12(27-10(3)22)11(26-9(2)21)14(28-16)19-7-17-13(18-19)15(23)24-5/h7,12H,6H2,1-5H3/t12?,16-/m1/s1. The lowest BCUT2D eigenvalue weighted by Crippen LogP contribution is -2.45. The molecule has 2 rings (SSSR count). The van der Waals surface area contributed by atoms with Gasteiger partial charge < -0.3 is 23.7 Å². The maximum atomic E-state index is 11.6.